The summed E-state index contributed by atoms with van der Waals surface area (Å²) in [6.07, 6.45) is 9.60. The van der Waals surface area contributed by atoms with E-state index in [0.717, 1.165) is 42.3 Å². The van der Waals surface area contributed by atoms with E-state index in [-0.39, 0.29) is 18.6 Å². The van der Waals surface area contributed by atoms with Gasteiger partial charge in [-0.3, -0.25) is 14.8 Å². The van der Waals surface area contributed by atoms with E-state index in [2.05, 4.69) is 15.3 Å². The second-order valence-corrected chi connectivity index (χ2v) is 7.29. The molecule has 0 saturated carbocycles. The molecule has 8 nitrogen and oxygen atoms in total. The summed E-state index contributed by atoms with van der Waals surface area (Å²) >= 11 is 0. The second-order valence-electron chi connectivity index (χ2n) is 7.29. The lowest BCUT2D eigenvalue weighted by Crippen LogP contribution is -2.41. The molecule has 1 aliphatic heterocycles. The molecular formula is C23H29N5O3. The van der Waals surface area contributed by atoms with Crippen molar-refractivity contribution >= 4 is 40.6 Å². The molecule has 4 N–H and O–H groups in total. The summed E-state index contributed by atoms with van der Waals surface area (Å²) in [5.74, 6) is 0.382. The number of piperidine rings is 1. The summed E-state index contributed by atoms with van der Waals surface area (Å²) in [7, 11) is 0. The SMILES string of the molecule is C/C=N/C=C(\C=N)c1ccc2ncc(N)cc2c1OCCCOC(=O)[C@@H]1CCCCN1. The maximum absolute atomic E-state index is 12.1. The Balaban J connectivity index is 1.71. The van der Waals surface area contributed by atoms with Crippen LogP contribution in [0.25, 0.3) is 16.5 Å². The van der Waals surface area contributed by atoms with E-state index in [9.17, 15) is 4.79 Å². The van der Waals surface area contributed by atoms with Crippen LogP contribution in [0.1, 0.15) is 38.2 Å². The van der Waals surface area contributed by atoms with Crippen LogP contribution in [-0.4, -0.2) is 49.2 Å². The molecule has 164 valence electrons. The van der Waals surface area contributed by atoms with Crippen LogP contribution in [0.15, 0.2) is 35.6 Å². The Kier molecular flexibility index (Phi) is 8.12. The van der Waals surface area contributed by atoms with E-state index >= 15 is 0 Å². The Hall–Kier alpha value is -3.26. The highest BCUT2D eigenvalue weighted by Gasteiger charge is 2.21. The largest absolute Gasteiger partial charge is 0.492 e. The van der Waals surface area contributed by atoms with Gasteiger partial charge in [-0.15, -0.1) is 0 Å². The molecule has 0 bridgehead atoms. The zero-order valence-electron chi connectivity index (χ0n) is 17.8. The first-order valence-electron chi connectivity index (χ1n) is 10.5. The van der Waals surface area contributed by atoms with E-state index in [1.165, 1.54) is 6.21 Å². The minimum absolute atomic E-state index is 0.200. The number of hydrogen-bond donors (Lipinski definition) is 3. The van der Waals surface area contributed by atoms with E-state index in [4.69, 9.17) is 20.6 Å². The topological polar surface area (TPSA) is 123 Å². The number of carbonyl (C=O) groups is 1. The lowest BCUT2D eigenvalue weighted by molar-refractivity contribution is -0.147. The first-order valence-corrected chi connectivity index (χ1v) is 10.5. The number of carbonyl (C=O) groups excluding carboxylic acids is 1. The number of esters is 1. The Morgan fingerprint density at radius 2 is 2.26 bits per heavy atom. The lowest BCUT2D eigenvalue weighted by Gasteiger charge is -2.21. The summed E-state index contributed by atoms with van der Waals surface area (Å²) in [4.78, 5) is 20.6. The van der Waals surface area contributed by atoms with Gasteiger partial charge in [0.05, 0.1) is 30.6 Å². The number of fused-ring (bicyclic) bond motifs is 1. The summed E-state index contributed by atoms with van der Waals surface area (Å²) < 4.78 is 11.5. The number of nitrogens with one attached hydrogen (secondary N) is 2. The van der Waals surface area contributed by atoms with Crippen LogP contribution >= 0.6 is 0 Å². The number of rotatable bonds is 9. The van der Waals surface area contributed by atoms with Crippen molar-refractivity contribution in [1.29, 1.82) is 5.41 Å². The molecule has 31 heavy (non-hydrogen) atoms. The van der Waals surface area contributed by atoms with Crippen molar-refractivity contribution in [1.82, 2.24) is 10.3 Å². The number of nitrogens with two attached hydrogens (primary N) is 1. The molecule has 3 rings (SSSR count). The Morgan fingerprint density at radius 1 is 1.39 bits per heavy atom. The first-order chi connectivity index (χ1) is 15.1. The van der Waals surface area contributed by atoms with Crippen molar-refractivity contribution in [3.8, 4) is 5.75 Å². The van der Waals surface area contributed by atoms with Gasteiger partial charge in [0, 0.05) is 41.6 Å². The van der Waals surface area contributed by atoms with Crippen LogP contribution in [0.5, 0.6) is 5.75 Å². The number of pyridine rings is 1. The van der Waals surface area contributed by atoms with Crippen LogP contribution < -0.4 is 15.8 Å². The molecule has 1 saturated heterocycles. The summed E-state index contributed by atoms with van der Waals surface area (Å²) in [5.41, 5.74) is 8.54. The smallest absolute Gasteiger partial charge is 0.323 e. The number of aromatic nitrogens is 1. The monoisotopic (exact) mass is 423 g/mol. The number of allylic oxidation sites excluding steroid dienone is 1. The van der Waals surface area contributed by atoms with E-state index < -0.39 is 0 Å². The van der Waals surface area contributed by atoms with Crippen LogP contribution in [0.3, 0.4) is 0 Å². The average molecular weight is 424 g/mol. The summed E-state index contributed by atoms with van der Waals surface area (Å²) in [5, 5.41) is 11.7. The fourth-order valence-electron chi connectivity index (χ4n) is 3.47. The van der Waals surface area contributed by atoms with Crippen molar-refractivity contribution in [3.63, 3.8) is 0 Å². The highest BCUT2D eigenvalue weighted by Crippen LogP contribution is 2.34. The van der Waals surface area contributed by atoms with Gasteiger partial charge in [-0.1, -0.05) is 6.42 Å². The van der Waals surface area contributed by atoms with Crippen molar-refractivity contribution in [2.75, 3.05) is 25.5 Å². The van der Waals surface area contributed by atoms with Gasteiger partial charge in [-0.2, -0.15) is 0 Å². The molecule has 2 aromatic rings. The number of ether oxygens (including phenoxy) is 2. The highest BCUT2D eigenvalue weighted by molar-refractivity contribution is 6.11. The second kappa shape index (κ2) is 11.2. The van der Waals surface area contributed by atoms with Crippen LogP contribution in [0, 0.1) is 5.41 Å². The van der Waals surface area contributed by atoms with Crippen LogP contribution in [-0.2, 0) is 9.53 Å². The molecule has 0 spiro atoms. The number of hydrogen-bond acceptors (Lipinski definition) is 8. The molecule has 1 atom stereocenters. The standard InChI is InChI=1S/C23H29N5O3/c1-2-26-14-16(13-24)18-7-8-20-19(12-17(25)15-28-20)22(18)30-10-5-11-31-23(29)21-6-3-4-9-27-21/h2,7-8,12-15,21,24,27H,3-6,9-11,25H2,1H3/b16-14+,24-13?,26-2+/t21-/m0/s1. The quantitative estimate of drug-likeness (QED) is 0.323. The highest BCUT2D eigenvalue weighted by atomic mass is 16.5. The number of nitrogens with zero attached hydrogens (tertiary/aromatic N) is 2. The van der Waals surface area contributed by atoms with Gasteiger partial charge in [-0.25, -0.2) is 0 Å². The number of benzene rings is 1. The third-order valence-corrected chi connectivity index (χ3v) is 5.04. The number of nitrogen functional groups attached to an aromatic ring is 1. The van der Waals surface area contributed by atoms with Gasteiger partial charge in [0.25, 0.3) is 0 Å². The lowest BCUT2D eigenvalue weighted by atomic mass is 10.0. The number of anilines is 1. The van der Waals surface area contributed by atoms with Crippen molar-refractivity contribution in [3.05, 3.63) is 36.2 Å². The fraction of sp³-hybridized carbons (Fsp3) is 0.391. The zero-order chi connectivity index (χ0) is 22.1. The van der Waals surface area contributed by atoms with E-state index in [1.807, 2.05) is 19.1 Å². The summed E-state index contributed by atoms with van der Waals surface area (Å²) in [6.45, 7) is 3.29. The van der Waals surface area contributed by atoms with Gasteiger partial charge in [0.1, 0.15) is 11.8 Å². The van der Waals surface area contributed by atoms with Gasteiger partial charge in [0.2, 0.25) is 0 Å². The summed E-state index contributed by atoms with van der Waals surface area (Å²) in [6, 6.07) is 5.33. The normalized spacial score (nSPS) is 17.1. The molecule has 1 aromatic heterocycles. The molecule has 1 aromatic carbocycles. The zero-order valence-corrected chi connectivity index (χ0v) is 17.8. The van der Waals surface area contributed by atoms with Gasteiger partial charge in [-0.05, 0) is 44.5 Å². The Morgan fingerprint density at radius 3 is 3.00 bits per heavy atom. The van der Waals surface area contributed by atoms with Crippen molar-refractivity contribution in [2.24, 2.45) is 4.99 Å². The number of aliphatic imine (C=N–C) groups is 1. The average Bonchev–Trinajstić information content (AvgIpc) is 2.80. The van der Waals surface area contributed by atoms with Gasteiger partial charge >= 0.3 is 5.97 Å². The molecule has 1 fully saturated rings. The van der Waals surface area contributed by atoms with Crippen LogP contribution in [0.4, 0.5) is 5.69 Å². The first kappa shape index (κ1) is 22.4. The van der Waals surface area contributed by atoms with Gasteiger partial charge < -0.3 is 25.9 Å². The molecule has 0 radical (unpaired) electrons. The van der Waals surface area contributed by atoms with E-state index in [0.29, 0.717) is 30.0 Å². The Labute approximate surface area is 182 Å². The minimum atomic E-state index is -0.201. The third-order valence-electron chi connectivity index (χ3n) is 5.04. The van der Waals surface area contributed by atoms with Gasteiger partial charge in [0.15, 0.2) is 0 Å². The predicted octanol–water partition coefficient (Wildman–Crippen LogP) is 3.35. The predicted molar refractivity (Wildman–Crippen MR) is 124 cm³/mol. The Bertz CT molecular complexity index is 981. The molecule has 0 aliphatic carbocycles. The molecule has 1 aliphatic rings. The van der Waals surface area contributed by atoms with Crippen LogP contribution in [0.2, 0.25) is 0 Å². The molecular weight excluding hydrogens is 394 g/mol. The third kappa shape index (κ3) is 5.88. The molecule has 8 heteroatoms. The molecule has 0 amide bonds. The molecule has 0 unspecified atom stereocenters. The maximum atomic E-state index is 12.1. The minimum Gasteiger partial charge on any atom is -0.492 e. The maximum Gasteiger partial charge on any atom is 0.323 e. The van der Waals surface area contributed by atoms with Crippen molar-refractivity contribution < 1.29 is 14.3 Å². The van der Waals surface area contributed by atoms with Crippen molar-refractivity contribution in [2.45, 2.75) is 38.6 Å². The fourth-order valence-corrected chi connectivity index (χ4v) is 3.47. The molecule has 2 heterocycles. The van der Waals surface area contributed by atoms with E-state index in [1.54, 1.807) is 24.7 Å².